The molecule has 0 atom stereocenters. The number of aromatic nitrogens is 1. The molecule has 0 spiro atoms. The number of carbonyl (C=O) groups excluding carboxylic acids is 1. The molecule has 0 saturated carbocycles. The molecule has 23 heavy (non-hydrogen) atoms. The minimum Gasteiger partial charge on any atom is -0.326 e. The third-order valence-corrected chi connectivity index (χ3v) is 4.11. The van der Waals surface area contributed by atoms with E-state index in [-0.39, 0.29) is 5.91 Å². The minimum atomic E-state index is 0.0631. The van der Waals surface area contributed by atoms with Crippen LogP contribution in [0, 0.1) is 0 Å². The van der Waals surface area contributed by atoms with Crippen LogP contribution in [0.25, 0.3) is 11.1 Å². The highest BCUT2D eigenvalue weighted by molar-refractivity contribution is 5.99. The Morgan fingerprint density at radius 3 is 2.65 bits per heavy atom. The fourth-order valence-corrected chi connectivity index (χ4v) is 2.97. The standard InChI is InChI=1S/C20H16N2O/c23-20-11-17-7-6-16(10-19(17)22-20)18-9-15(12-21-13-18)8-14-4-2-1-3-5-14/h1-7,9-10,12-13H,8,11H2,(H,22,23). The molecule has 0 aliphatic carbocycles. The van der Waals surface area contributed by atoms with Gasteiger partial charge in [0, 0.05) is 23.6 Å². The third-order valence-electron chi connectivity index (χ3n) is 4.11. The van der Waals surface area contributed by atoms with Crippen LogP contribution in [0.4, 0.5) is 5.69 Å². The number of fused-ring (bicyclic) bond motifs is 1. The van der Waals surface area contributed by atoms with Gasteiger partial charge in [-0.1, -0.05) is 42.5 Å². The Labute approximate surface area is 135 Å². The molecular formula is C20H16N2O. The highest BCUT2D eigenvalue weighted by atomic mass is 16.1. The van der Waals surface area contributed by atoms with Gasteiger partial charge in [0.15, 0.2) is 0 Å². The first-order chi connectivity index (χ1) is 11.3. The van der Waals surface area contributed by atoms with Gasteiger partial charge in [-0.25, -0.2) is 0 Å². The molecule has 3 nitrogen and oxygen atoms in total. The lowest BCUT2D eigenvalue weighted by molar-refractivity contribution is -0.115. The van der Waals surface area contributed by atoms with Gasteiger partial charge in [-0.2, -0.15) is 0 Å². The molecule has 0 saturated heterocycles. The summed E-state index contributed by atoms with van der Waals surface area (Å²) in [7, 11) is 0. The largest absolute Gasteiger partial charge is 0.326 e. The van der Waals surface area contributed by atoms with E-state index >= 15 is 0 Å². The van der Waals surface area contributed by atoms with Gasteiger partial charge in [0.1, 0.15) is 0 Å². The fourth-order valence-electron chi connectivity index (χ4n) is 2.97. The van der Waals surface area contributed by atoms with Crippen molar-refractivity contribution < 1.29 is 4.79 Å². The molecule has 0 fully saturated rings. The predicted octanol–water partition coefficient (Wildman–Crippen LogP) is 3.83. The second kappa shape index (κ2) is 5.69. The maximum atomic E-state index is 11.5. The van der Waals surface area contributed by atoms with Crippen molar-refractivity contribution in [3.63, 3.8) is 0 Å². The minimum absolute atomic E-state index is 0.0631. The normalized spacial score (nSPS) is 12.8. The number of carbonyl (C=O) groups is 1. The first-order valence-electron chi connectivity index (χ1n) is 7.69. The van der Waals surface area contributed by atoms with Crippen LogP contribution in [0.2, 0.25) is 0 Å². The Bertz CT molecular complexity index is 872. The van der Waals surface area contributed by atoms with Crippen LogP contribution in [0.3, 0.4) is 0 Å². The summed E-state index contributed by atoms with van der Waals surface area (Å²) in [5.41, 5.74) is 6.58. The van der Waals surface area contributed by atoms with Crippen LogP contribution < -0.4 is 5.32 Å². The molecule has 112 valence electrons. The van der Waals surface area contributed by atoms with E-state index in [1.807, 2.05) is 30.6 Å². The Morgan fingerprint density at radius 1 is 0.913 bits per heavy atom. The monoisotopic (exact) mass is 300 g/mol. The van der Waals surface area contributed by atoms with Crippen molar-refractivity contribution in [3.05, 3.63) is 83.7 Å². The molecule has 2 aromatic carbocycles. The highest BCUT2D eigenvalue weighted by Crippen LogP contribution is 2.29. The molecule has 1 N–H and O–H groups in total. The Balaban J connectivity index is 1.64. The van der Waals surface area contributed by atoms with Crippen LogP contribution in [0.1, 0.15) is 16.7 Å². The second-order valence-electron chi connectivity index (χ2n) is 5.84. The average Bonchev–Trinajstić information content (AvgIpc) is 2.95. The first kappa shape index (κ1) is 13.7. The van der Waals surface area contributed by atoms with Crippen LogP contribution in [-0.2, 0) is 17.6 Å². The SMILES string of the molecule is O=C1Cc2ccc(-c3cncc(Cc4ccccc4)c3)cc2N1. The highest BCUT2D eigenvalue weighted by Gasteiger charge is 2.17. The van der Waals surface area contributed by atoms with E-state index in [0.717, 1.165) is 28.8 Å². The van der Waals surface area contributed by atoms with Crippen LogP contribution in [-0.4, -0.2) is 10.9 Å². The summed E-state index contributed by atoms with van der Waals surface area (Å²) >= 11 is 0. The van der Waals surface area contributed by atoms with Crippen LogP contribution >= 0.6 is 0 Å². The van der Waals surface area contributed by atoms with Crippen molar-refractivity contribution in [2.24, 2.45) is 0 Å². The number of anilines is 1. The number of nitrogens with zero attached hydrogens (tertiary/aromatic N) is 1. The predicted molar refractivity (Wildman–Crippen MR) is 91.3 cm³/mol. The Morgan fingerprint density at radius 2 is 1.78 bits per heavy atom. The summed E-state index contributed by atoms with van der Waals surface area (Å²) in [5, 5.41) is 2.90. The van der Waals surface area contributed by atoms with Gasteiger partial charge < -0.3 is 5.32 Å². The van der Waals surface area contributed by atoms with E-state index in [2.05, 4.69) is 46.7 Å². The van der Waals surface area contributed by atoms with Gasteiger partial charge >= 0.3 is 0 Å². The van der Waals surface area contributed by atoms with E-state index in [1.165, 1.54) is 11.1 Å². The fraction of sp³-hybridized carbons (Fsp3) is 0.100. The summed E-state index contributed by atoms with van der Waals surface area (Å²) < 4.78 is 0. The zero-order valence-electron chi connectivity index (χ0n) is 12.6. The topological polar surface area (TPSA) is 42.0 Å². The van der Waals surface area contributed by atoms with E-state index < -0.39 is 0 Å². The van der Waals surface area contributed by atoms with Crippen molar-refractivity contribution in [2.45, 2.75) is 12.8 Å². The van der Waals surface area contributed by atoms with Gasteiger partial charge in [-0.05, 0) is 40.8 Å². The lowest BCUT2D eigenvalue weighted by atomic mass is 10.0. The van der Waals surface area contributed by atoms with Gasteiger partial charge in [-0.15, -0.1) is 0 Å². The maximum absolute atomic E-state index is 11.5. The Hall–Kier alpha value is -2.94. The van der Waals surface area contributed by atoms with Gasteiger partial charge in [-0.3, -0.25) is 9.78 Å². The van der Waals surface area contributed by atoms with E-state index in [1.54, 1.807) is 0 Å². The van der Waals surface area contributed by atoms with Gasteiger partial charge in [0.25, 0.3) is 0 Å². The molecular weight excluding hydrogens is 284 g/mol. The Kier molecular flexibility index (Phi) is 3.39. The zero-order chi connectivity index (χ0) is 15.6. The second-order valence-corrected chi connectivity index (χ2v) is 5.84. The summed E-state index contributed by atoms with van der Waals surface area (Å²) in [6.07, 6.45) is 5.11. The number of hydrogen-bond donors (Lipinski definition) is 1. The quantitative estimate of drug-likeness (QED) is 0.798. The maximum Gasteiger partial charge on any atom is 0.228 e. The third kappa shape index (κ3) is 2.86. The van der Waals surface area contributed by atoms with Crippen molar-refractivity contribution in [3.8, 4) is 11.1 Å². The van der Waals surface area contributed by atoms with Crippen molar-refractivity contribution >= 4 is 11.6 Å². The van der Waals surface area contributed by atoms with Crippen molar-refractivity contribution in [2.75, 3.05) is 5.32 Å². The number of pyridine rings is 1. The molecule has 3 heteroatoms. The molecule has 2 heterocycles. The smallest absolute Gasteiger partial charge is 0.228 e. The summed E-state index contributed by atoms with van der Waals surface area (Å²) in [6, 6.07) is 18.6. The molecule has 1 amide bonds. The number of hydrogen-bond acceptors (Lipinski definition) is 2. The van der Waals surface area contributed by atoms with Crippen LogP contribution in [0.5, 0.6) is 0 Å². The molecule has 0 radical (unpaired) electrons. The molecule has 1 aromatic heterocycles. The molecule has 0 bridgehead atoms. The number of benzene rings is 2. The number of nitrogens with one attached hydrogen (secondary N) is 1. The summed E-state index contributed by atoms with van der Waals surface area (Å²) in [6.45, 7) is 0. The lowest BCUT2D eigenvalue weighted by Crippen LogP contribution is -2.03. The van der Waals surface area contributed by atoms with Gasteiger partial charge in [0.2, 0.25) is 5.91 Å². The molecule has 4 rings (SSSR count). The van der Waals surface area contributed by atoms with E-state index in [0.29, 0.717) is 6.42 Å². The van der Waals surface area contributed by atoms with E-state index in [4.69, 9.17) is 0 Å². The van der Waals surface area contributed by atoms with Crippen LogP contribution in [0.15, 0.2) is 67.0 Å². The molecule has 1 aliphatic rings. The van der Waals surface area contributed by atoms with Crippen molar-refractivity contribution in [1.29, 1.82) is 0 Å². The van der Waals surface area contributed by atoms with Crippen molar-refractivity contribution in [1.82, 2.24) is 4.98 Å². The molecule has 0 unspecified atom stereocenters. The zero-order valence-corrected chi connectivity index (χ0v) is 12.6. The number of amides is 1. The lowest BCUT2D eigenvalue weighted by Gasteiger charge is -2.07. The first-order valence-corrected chi connectivity index (χ1v) is 7.69. The molecule has 1 aliphatic heterocycles. The number of rotatable bonds is 3. The van der Waals surface area contributed by atoms with Gasteiger partial charge in [0.05, 0.1) is 6.42 Å². The van der Waals surface area contributed by atoms with E-state index in [9.17, 15) is 4.79 Å². The average molecular weight is 300 g/mol. The summed E-state index contributed by atoms with van der Waals surface area (Å²) in [5.74, 6) is 0.0631. The molecule has 3 aromatic rings. The summed E-state index contributed by atoms with van der Waals surface area (Å²) in [4.78, 5) is 15.9.